The normalized spacial score (nSPS) is 25.1. The number of amides is 2. The lowest BCUT2D eigenvalue weighted by Gasteiger charge is -2.46. The van der Waals surface area contributed by atoms with Crippen molar-refractivity contribution in [3.05, 3.63) is 65.0 Å². The molecule has 2 aliphatic heterocycles. The van der Waals surface area contributed by atoms with E-state index >= 15 is 0 Å². The number of anilines is 1. The topological polar surface area (TPSA) is 132 Å². The molecular formula is C30H33FN2O8. The molecule has 10 nitrogen and oxygen atoms in total. The molecule has 3 fully saturated rings. The van der Waals surface area contributed by atoms with Crippen LogP contribution in [0, 0.1) is 11.7 Å². The molecule has 11 heteroatoms. The van der Waals surface area contributed by atoms with E-state index in [9.17, 15) is 23.9 Å². The molecule has 1 atom stereocenters. The van der Waals surface area contributed by atoms with Crippen LogP contribution in [0.2, 0.25) is 0 Å². The van der Waals surface area contributed by atoms with Crippen molar-refractivity contribution in [2.24, 2.45) is 5.92 Å². The van der Waals surface area contributed by atoms with E-state index in [-0.39, 0.29) is 28.6 Å². The number of hydrogen-bond acceptors (Lipinski definition) is 8. The first kappa shape index (κ1) is 27.9. The van der Waals surface area contributed by atoms with Gasteiger partial charge in [0.05, 0.1) is 6.42 Å². The number of fused-ring (bicyclic) bond motifs is 1. The number of hydrogen-bond donors (Lipinski definition) is 3. The minimum atomic E-state index is -2.17. The Balaban J connectivity index is 0.985. The molecule has 1 unspecified atom stereocenters. The van der Waals surface area contributed by atoms with Gasteiger partial charge in [-0.2, -0.15) is 19.6 Å². The molecule has 2 amide bonds. The summed E-state index contributed by atoms with van der Waals surface area (Å²) in [6.07, 6.45) is 6.81. The quantitative estimate of drug-likeness (QED) is 0.345. The van der Waals surface area contributed by atoms with E-state index < -0.39 is 41.1 Å². The Morgan fingerprint density at radius 2 is 1.51 bits per heavy atom. The van der Waals surface area contributed by atoms with Crippen LogP contribution in [-0.2, 0) is 29.9 Å². The standard InChI is InChI=1S/C30H33FN2O8/c31-22-8-9-24-23(16-22)30(37,27(36)33-24)17-25(34)20-4-6-21(7-5-20)26(35)32-18-19-10-14-29(15-11-19)40-38-28(39-41-29)12-2-1-3-13-28/h4-9,16,19,37H,1-3,10-15,17-18H2,(H,32,35)(H,33,36). The van der Waals surface area contributed by atoms with Crippen molar-refractivity contribution < 1.29 is 43.4 Å². The maximum atomic E-state index is 13.7. The largest absolute Gasteiger partial charge is 0.375 e. The van der Waals surface area contributed by atoms with Crippen molar-refractivity contribution in [3.8, 4) is 0 Å². The number of carbonyl (C=O) groups excluding carboxylic acids is 3. The molecule has 2 aliphatic carbocycles. The van der Waals surface area contributed by atoms with Gasteiger partial charge in [0.15, 0.2) is 11.4 Å². The summed E-state index contributed by atoms with van der Waals surface area (Å²) in [4.78, 5) is 60.9. The highest BCUT2D eigenvalue weighted by Crippen LogP contribution is 2.45. The van der Waals surface area contributed by atoms with Crippen LogP contribution in [0.4, 0.5) is 10.1 Å². The van der Waals surface area contributed by atoms with Crippen molar-refractivity contribution in [1.82, 2.24) is 5.32 Å². The minimum Gasteiger partial charge on any atom is -0.375 e. The van der Waals surface area contributed by atoms with Gasteiger partial charge in [0, 0.05) is 54.6 Å². The lowest BCUT2D eigenvalue weighted by Crippen LogP contribution is -2.53. The van der Waals surface area contributed by atoms with Crippen LogP contribution < -0.4 is 10.6 Å². The number of aliphatic hydroxyl groups is 1. The molecule has 41 heavy (non-hydrogen) atoms. The Labute approximate surface area is 236 Å². The highest BCUT2D eigenvalue weighted by molar-refractivity contribution is 6.09. The maximum absolute atomic E-state index is 13.7. The second-order valence-corrected chi connectivity index (χ2v) is 11.6. The number of ketones is 1. The first-order valence-corrected chi connectivity index (χ1v) is 14.2. The zero-order valence-corrected chi connectivity index (χ0v) is 22.6. The van der Waals surface area contributed by atoms with Gasteiger partial charge in [0.2, 0.25) is 11.6 Å². The number of halogens is 1. The third kappa shape index (κ3) is 5.52. The minimum absolute atomic E-state index is 0.0234. The van der Waals surface area contributed by atoms with Crippen LogP contribution in [0.1, 0.15) is 90.5 Å². The maximum Gasteiger partial charge on any atom is 0.261 e. The van der Waals surface area contributed by atoms with E-state index in [0.717, 1.165) is 57.1 Å². The van der Waals surface area contributed by atoms with Gasteiger partial charge in [0.25, 0.3) is 11.8 Å². The lowest BCUT2D eigenvalue weighted by atomic mass is 9.85. The van der Waals surface area contributed by atoms with Gasteiger partial charge in [0.1, 0.15) is 5.82 Å². The van der Waals surface area contributed by atoms with Gasteiger partial charge in [-0.15, -0.1) is 0 Å². The Bertz CT molecular complexity index is 1320. The molecule has 3 N–H and O–H groups in total. The van der Waals surface area contributed by atoms with Crippen LogP contribution in [0.25, 0.3) is 0 Å². The fraction of sp³-hybridized carbons (Fsp3) is 0.500. The van der Waals surface area contributed by atoms with Gasteiger partial charge in [-0.25, -0.2) is 4.39 Å². The monoisotopic (exact) mass is 568 g/mol. The molecule has 0 radical (unpaired) electrons. The third-order valence-electron chi connectivity index (χ3n) is 8.66. The van der Waals surface area contributed by atoms with Crippen molar-refractivity contribution in [2.45, 2.75) is 81.4 Å². The fourth-order valence-corrected chi connectivity index (χ4v) is 6.05. The molecule has 4 aliphatic rings. The molecule has 6 rings (SSSR count). The molecule has 1 saturated heterocycles. The summed E-state index contributed by atoms with van der Waals surface area (Å²) >= 11 is 0. The van der Waals surface area contributed by atoms with Gasteiger partial charge < -0.3 is 15.7 Å². The van der Waals surface area contributed by atoms with Crippen LogP contribution in [0.15, 0.2) is 42.5 Å². The van der Waals surface area contributed by atoms with E-state index in [0.29, 0.717) is 24.9 Å². The Hall–Kier alpha value is -3.22. The summed E-state index contributed by atoms with van der Waals surface area (Å²) in [5.74, 6) is -3.67. The SMILES string of the molecule is O=C(CC1(O)C(=O)Nc2ccc(F)cc21)c1ccc(C(=O)NCC2CCC3(CC2)OOC2(CCCCC2)OO3)cc1. The van der Waals surface area contributed by atoms with E-state index in [1.54, 1.807) is 0 Å². The molecule has 2 spiro atoms. The average molecular weight is 569 g/mol. The molecule has 0 bridgehead atoms. The summed E-state index contributed by atoms with van der Waals surface area (Å²) in [6.45, 7) is 0.472. The number of nitrogens with one attached hydrogen (secondary N) is 2. The second-order valence-electron chi connectivity index (χ2n) is 11.6. The summed E-state index contributed by atoms with van der Waals surface area (Å²) in [7, 11) is 0. The van der Waals surface area contributed by atoms with Gasteiger partial charge in [-0.05, 0) is 61.9 Å². The van der Waals surface area contributed by atoms with Crippen LogP contribution in [0.5, 0.6) is 0 Å². The first-order valence-electron chi connectivity index (χ1n) is 14.2. The molecule has 2 aromatic carbocycles. The second kappa shape index (κ2) is 10.9. The summed E-state index contributed by atoms with van der Waals surface area (Å²) < 4.78 is 13.7. The number of rotatable bonds is 6. The van der Waals surface area contributed by atoms with Crippen molar-refractivity contribution in [2.75, 3.05) is 11.9 Å². The van der Waals surface area contributed by atoms with Crippen molar-refractivity contribution in [3.63, 3.8) is 0 Å². The number of benzene rings is 2. The first-order chi connectivity index (χ1) is 19.7. The molecule has 2 saturated carbocycles. The van der Waals surface area contributed by atoms with Crippen LogP contribution in [0.3, 0.4) is 0 Å². The smallest absolute Gasteiger partial charge is 0.261 e. The van der Waals surface area contributed by atoms with E-state index in [4.69, 9.17) is 19.6 Å². The van der Waals surface area contributed by atoms with Gasteiger partial charge in [-0.3, -0.25) is 14.4 Å². The molecule has 2 aromatic rings. The predicted octanol–water partition coefficient (Wildman–Crippen LogP) is 4.43. The Morgan fingerprint density at radius 3 is 2.17 bits per heavy atom. The van der Waals surface area contributed by atoms with Crippen LogP contribution >= 0.6 is 0 Å². The van der Waals surface area contributed by atoms with Crippen molar-refractivity contribution >= 4 is 23.3 Å². The van der Waals surface area contributed by atoms with Gasteiger partial charge >= 0.3 is 0 Å². The summed E-state index contributed by atoms with van der Waals surface area (Å²) in [5, 5.41) is 16.4. The lowest BCUT2D eigenvalue weighted by molar-refractivity contribution is -0.663. The summed E-state index contributed by atoms with van der Waals surface area (Å²) in [6, 6.07) is 9.53. The van der Waals surface area contributed by atoms with Crippen LogP contribution in [-0.4, -0.2) is 40.8 Å². The molecular weight excluding hydrogens is 535 g/mol. The molecule has 0 aromatic heterocycles. The molecule has 2 heterocycles. The number of carbonyl (C=O) groups is 3. The summed E-state index contributed by atoms with van der Waals surface area (Å²) in [5.41, 5.74) is -1.29. The van der Waals surface area contributed by atoms with E-state index in [1.165, 1.54) is 30.3 Å². The number of Topliss-reactive ketones (excluding diaryl/α,β-unsaturated/α-hetero) is 1. The Kier molecular flexibility index (Phi) is 7.41. The van der Waals surface area contributed by atoms with Gasteiger partial charge in [-0.1, -0.05) is 18.6 Å². The fourth-order valence-electron chi connectivity index (χ4n) is 6.05. The van der Waals surface area contributed by atoms with E-state index in [2.05, 4.69) is 10.6 Å². The third-order valence-corrected chi connectivity index (χ3v) is 8.66. The highest BCUT2D eigenvalue weighted by Gasteiger charge is 2.51. The molecule has 218 valence electrons. The zero-order valence-electron chi connectivity index (χ0n) is 22.6. The average Bonchev–Trinajstić information content (AvgIpc) is 3.23. The van der Waals surface area contributed by atoms with E-state index in [1.807, 2.05) is 0 Å². The zero-order chi connectivity index (χ0) is 28.7. The van der Waals surface area contributed by atoms with Crippen molar-refractivity contribution in [1.29, 1.82) is 0 Å². The highest BCUT2D eigenvalue weighted by atomic mass is 19.1. The predicted molar refractivity (Wildman–Crippen MR) is 141 cm³/mol. The Morgan fingerprint density at radius 1 is 0.902 bits per heavy atom.